The van der Waals surface area contributed by atoms with Crippen LogP contribution in [0, 0.1) is 13.8 Å². The van der Waals surface area contributed by atoms with E-state index in [0.717, 1.165) is 50.6 Å². The van der Waals surface area contributed by atoms with Gasteiger partial charge in [-0.05, 0) is 49.1 Å². The van der Waals surface area contributed by atoms with E-state index in [1.54, 1.807) is 14.2 Å². The van der Waals surface area contributed by atoms with Gasteiger partial charge in [0.1, 0.15) is 0 Å². The molecule has 0 radical (unpaired) electrons. The van der Waals surface area contributed by atoms with Crippen LogP contribution in [-0.4, -0.2) is 51.8 Å². The van der Waals surface area contributed by atoms with Crippen molar-refractivity contribution in [2.24, 2.45) is 0 Å². The molecular weight excluding hydrogens is 324 g/mol. The monoisotopic (exact) mass is 354 g/mol. The fourth-order valence-electron chi connectivity index (χ4n) is 3.82. The molecule has 0 aromatic heterocycles. The molecule has 0 amide bonds. The van der Waals surface area contributed by atoms with Gasteiger partial charge in [0, 0.05) is 38.4 Å². The predicted octanol–water partition coefficient (Wildman–Crippen LogP) is 3.69. The number of rotatable bonds is 6. The summed E-state index contributed by atoms with van der Waals surface area (Å²) in [5, 5.41) is 0. The molecule has 0 atom stereocenters. The molecule has 0 spiro atoms. The second kappa shape index (κ2) is 8.45. The Hall–Kier alpha value is -2.20. The lowest BCUT2D eigenvalue weighted by Crippen LogP contribution is -2.47. The second-order valence-corrected chi connectivity index (χ2v) is 7.01. The quantitative estimate of drug-likeness (QED) is 0.790. The van der Waals surface area contributed by atoms with Gasteiger partial charge in [-0.1, -0.05) is 24.3 Å². The molecule has 0 aliphatic carbocycles. The summed E-state index contributed by atoms with van der Waals surface area (Å²) in [6, 6.07) is 12.8. The minimum atomic E-state index is 0.790. The Morgan fingerprint density at radius 1 is 0.846 bits per heavy atom. The highest BCUT2D eigenvalue weighted by atomic mass is 16.5. The van der Waals surface area contributed by atoms with Crippen LogP contribution in [0.25, 0.3) is 0 Å². The van der Waals surface area contributed by atoms with Gasteiger partial charge in [0.15, 0.2) is 11.5 Å². The van der Waals surface area contributed by atoms with Crippen LogP contribution in [0.15, 0.2) is 36.4 Å². The summed E-state index contributed by atoms with van der Waals surface area (Å²) in [5.41, 5.74) is 5.47. The molecule has 0 N–H and O–H groups in total. The number of piperazine rings is 1. The average molecular weight is 354 g/mol. The lowest BCUT2D eigenvalue weighted by Gasteiger charge is -2.37. The molecule has 26 heavy (non-hydrogen) atoms. The van der Waals surface area contributed by atoms with Crippen LogP contribution in [0.1, 0.15) is 16.7 Å². The minimum absolute atomic E-state index is 0.790. The van der Waals surface area contributed by atoms with Crippen molar-refractivity contribution in [2.45, 2.75) is 20.3 Å². The van der Waals surface area contributed by atoms with Gasteiger partial charge in [-0.25, -0.2) is 0 Å². The van der Waals surface area contributed by atoms with Gasteiger partial charge in [-0.3, -0.25) is 4.90 Å². The summed E-state index contributed by atoms with van der Waals surface area (Å²) in [6.45, 7) is 9.92. The summed E-state index contributed by atoms with van der Waals surface area (Å²) in [7, 11) is 3.36. The standard InChI is InChI=1S/C22H30N2O2/c1-17-6-5-7-18(2)22(17)24-14-12-23(13-15-24)11-10-19-8-9-20(25-3)21(16-19)26-4/h5-9,16H,10-15H2,1-4H3. The van der Waals surface area contributed by atoms with Crippen molar-refractivity contribution in [3.8, 4) is 11.5 Å². The van der Waals surface area contributed by atoms with Crippen LogP contribution in [0.3, 0.4) is 0 Å². The van der Waals surface area contributed by atoms with Crippen molar-refractivity contribution < 1.29 is 9.47 Å². The first-order valence-electron chi connectivity index (χ1n) is 9.37. The maximum absolute atomic E-state index is 5.41. The van der Waals surface area contributed by atoms with Crippen LogP contribution in [0.2, 0.25) is 0 Å². The van der Waals surface area contributed by atoms with E-state index in [1.807, 2.05) is 6.07 Å². The Morgan fingerprint density at radius 3 is 2.12 bits per heavy atom. The molecular formula is C22H30N2O2. The number of benzene rings is 2. The highest BCUT2D eigenvalue weighted by Crippen LogP contribution is 2.28. The van der Waals surface area contributed by atoms with Gasteiger partial charge in [-0.15, -0.1) is 0 Å². The number of hydrogen-bond acceptors (Lipinski definition) is 4. The van der Waals surface area contributed by atoms with Crippen LogP contribution >= 0.6 is 0 Å². The van der Waals surface area contributed by atoms with E-state index in [2.05, 4.69) is 54.0 Å². The third-order valence-corrected chi connectivity index (χ3v) is 5.29. The lowest BCUT2D eigenvalue weighted by atomic mass is 10.1. The first-order chi connectivity index (χ1) is 12.6. The SMILES string of the molecule is COc1ccc(CCN2CCN(c3c(C)cccc3C)CC2)cc1OC. The predicted molar refractivity (Wildman–Crippen MR) is 108 cm³/mol. The molecule has 0 unspecified atom stereocenters. The number of aryl methyl sites for hydroxylation is 2. The summed E-state index contributed by atoms with van der Waals surface area (Å²) < 4.78 is 10.7. The van der Waals surface area contributed by atoms with Crippen LogP contribution in [0.4, 0.5) is 5.69 Å². The summed E-state index contributed by atoms with van der Waals surface area (Å²) in [6.07, 6.45) is 1.03. The first kappa shape index (κ1) is 18.6. The number of methoxy groups -OCH3 is 2. The van der Waals surface area contributed by atoms with Crippen molar-refractivity contribution >= 4 is 5.69 Å². The molecule has 3 rings (SSSR count). The Labute approximate surface area is 157 Å². The molecule has 2 aromatic rings. The molecule has 0 bridgehead atoms. The number of nitrogens with zero attached hydrogens (tertiary/aromatic N) is 2. The molecule has 1 saturated heterocycles. The molecule has 140 valence electrons. The van der Waals surface area contributed by atoms with Gasteiger partial charge in [-0.2, -0.15) is 0 Å². The Morgan fingerprint density at radius 2 is 1.50 bits per heavy atom. The number of anilines is 1. The van der Waals surface area contributed by atoms with Gasteiger partial charge < -0.3 is 14.4 Å². The van der Waals surface area contributed by atoms with E-state index in [1.165, 1.54) is 22.4 Å². The normalized spacial score (nSPS) is 15.2. The van der Waals surface area contributed by atoms with Crippen LogP contribution in [0.5, 0.6) is 11.5 Å². The Bertz CT molecular complexity index is 717. The topological polar surface area (TPSA) is 24.9 Å². The Balaban J connectivity index is 1.55. The molecule has 4 heteroatoms. The lowest BCUT2D eigenvalue weighted by molar-refractivity contribution is 0.260. The molecule has 4 nitrogen and oxygen atoms in total. The molecule has 1 heterocycles. The van der Waals surface area contributed by atoms with E-state index >= 15 is 0 Å². The van der Waals surface area contributed by atoms with Gasteiger partial charge in [0.2, 0.25) is 0 Å². The zero-order chi connectivity index (χ0) is 18.5. The van der Waals surface area contributed by atoms with E-state index < -0.39 is 0 Å². The van der Waals surface area contributed by atoms with Crippen molar-refractivity contribution in [1.29, 1.82) is 0 Å². The molecule has 1 fully saturated rings. The largest absolute Gasteiger partial charge is 0.493 e. The molecule has 1 aliphatic rings. The van der Waals surface area contributed by atoms with E-state index in [-0.39, 0.29) is 0 Å². The maximum Gasteiger partial charge on any atom is 0.160 e. The minimum Gasteiger partial charge on any atom is -0.493 e. The van der Waals surface area contributed by atoms with Crippen LogP contribution in [-0.2, 0) is 6.42 Å². The number of hydrogen-bond donors (Lipinski definition) is 0. The van der Waals surface area contributed by atoms with E-state index in [0.29, 0.717) is 0 Å². The third kappa shape index (κ3) is 4.13. The van der Waals surface area contributed by atoms with Crippen molar-refractivity contribution in [1.82, 2.24) is 4.90 Å². The van der Waals surface area contributed by atoms with Crippen molar-refractivity contribution in [2.75, 3.05) is 51.8 Å². The average Bonchev–Trinajstić information content (AvgIpc) is 2.67. The highest BCUT2D eigenvalue weighted by Gasteiger charge is 2.19. The number of ether oxygens (including phenoxy) is 2. The smallest absolute Gasteiger partial charge is 0.160 e. The second-order valence-electron chi connectivity index (χ2n) is 7.01. The third-order valence-electron chi connectivity index (χ3n) is 5.29. The first-order valence-corrected chi connectivity index (χ1v) is 9.37. The fourth-order valence-corrected chi connectivity index (χ4v) is 3.82. The molecule has 0 saturated carbocycles. The zero-order valence-corrected chi connectivity index (χ0v) is 16.4. The highest BCUT2D eigenvalue weighted by molar-refractivity contribution is 5.59. The van der Waals surface area contributed by atoms with Crippen molar-refractivity contribution in [3.63, 3.8) is 0 Å². The molecule has 1 aliphatic heterocycles. The van der Waals surface area contributed by atoms with E-state index in [9.17, 15) is 0 Å². The summed E-state index contributed by atoms with van der Waals surface area (Å²) in [5.74, 6) is 1.60. The number of para-hydroxylation sites is 1. The van der Waals surface area contributed by atoms with Crippen LogP contribution < -0.4 is 14.4 Å². The van der Waals surface area contributed by atoms with Gasteiger partial charge in [0.05, 0.1) is 14.2 Å². The van der Waals surface area contributed by atoms with Crippen molar-refractivity contribution in [3.05, 3.63) is 53.1 Å². The summed E-state index contributed by atoms with van der Waals surface area (Å²) in [4.78, 5) is 5.10. The van der Waals surface area contributed by atoms with Gasteiger partial charge >= 0.3 is 0 Å². The Kier molecular flexibility index (Phi) is 6.04. The summed E-state index contributed by atoms with van der Waals surface area (Å²) >= 11 is 0. The maximum atomic E-state index is 5.41. The van der Waals surface area contributed by atoms with E-state index in [4.69, 9.17) is 9.47 Å². The fraction of sp³-hybridized carbons (Fsp3) is 0.455. The zero-order valence-electron chi connectivity index (χ0n) is 16.4. The van der Waals surface area contributed by atoms with Gasteiger partial charge in [0.25, 0.3) is 0 Å². The molecule has 2 aromatic carbocycles.